The van der Waals surface area contributed by atoms with Crippen LogP contribution < -0.4 is 5.32 Å². The molecule has 2 aliphatic rings. The van der Waals surface area contributed by atoms with Gasteiger partial charge in [-0.25, -0.2) is 0 Å². The number of fused-ring (bicyclic) bond motifs is 2. The average Bonchev–Trinajstić information content (AvgIpc) is 2.67. The Balaban J connectivity index is 1.57. The molecule has 0 heterocycles. The Morgan fingerprint density at radius 1 is 1.03 bits per heavy atom. The molecule has 2 saturated carbocycles. The zero-order valence-electron chi connectivity index (χ0n) is 18.2. The van der Waals surface area contributed by atoms with E-state index < -0.39 is 11.5 Å². The summed E-state index contributed by atoms with van der Waals surface area (Å²) in [5.74, 6) is -0.844. The number of Topliss-reactive ketones (excluding diaryl/α,β-unsaturated/α-hetero) is 2. The molecule has 4 atom stereocenters. The second kappa shape index (κ2) is 8.70. The first kappa shape index (κ1) is 22.2. The second-order valence-corrected chi connectivity index (χ2v) is 9.62. The highest BCUT2D eigenvalue weighted by molar-refractivity contribution is 6.01. The average molecular weight is 414 g/mol. The van der Waals surface area contributed by atoms with Crippen molar-refractivity contribution in [2.24, 2.45) is 23.2 Å². The number of hydrogen-bond donors (Lipinski definition) is 1. The Hall–Kier alpha value is -2.50. The zero-order chi connectivity index (χ0) is 22.1. The van der Waals surface area contributed by atoms with Crippen LogP contribution in [0, 0.1) is 23.2 Å². The van der Waals surface area contributed by atoms with Crippen LogP contribution >= 0.6 is 0 Å². The van der Waals surface area contributed by atoms with Crippen molar-refractivity contribution in [1.82, 2.24) is 0 Å². The van der Waals surface area contributed by atoms with Gasteiger partial charge in [0.05, 0.1) is 5.92 Å². The molecular weight excluding hydrogens is 382 g/mol. The standard InChI is InChI=1S/C24H31NO5/c1-14(30-22(28)18-12-16-6-5-7-17(13-18)21(16)27)20(26)15-8-10-19(11-9-15)25-23(29)24(2,3)4/h8-11,14,16-18H,5-7,12-13H2,1-4H3,(H,25,29)/t14-,16-,17+,18?/m1/s1. The van der Waals surface area contributed by atoms with Crippen molar-refractivity contribution in [3.05, 3.63) is 29.8 Å². The Kier molecular flexibility index (Phi) is 6.44. The molecule has 1 aromatic carbocycles. The summed E-state index contributed by atoms with van der Waals surface area (Å²) in [5, 5.41) is 2.81. The molecule has 3 rings (SSSR count). The maximum Gasteiger partial charge on any atom is 0.309 e. The van der Waals surface area contributed by atoms with E-state index in [2.05, 4.69) is 5.32 Å². The van der Waals surface area contributed by atoms with E-state index in [1.807, 2.05) is 20.8 Å². The lowest BCUT2D eigenvalue weighted by Gasteiger charge is -2.36. The number of ether oxygens (including phenoxy) is 1. The first-order valence-corrected chi connectivity index (χ1v) is 10.8. The molecule has 162 valence electrons. The summed E-state index contributed by atoms with van der Waals surface area (Å²) in [6.07, 6.45) is 2.93. The highest BCUT2D eigenvalue weighted by atomic mass is 16.5. The van der Waals surface area contributed by atoms with Crippen molar-refractivity contribution in [2.75, 3.05) is 5.32 Å². The number of amides is 1. The molecule has 0 saturated heterocycles. The molecule has 0 aromatic heterocycles. The number of esters is 1. The van der Waals surface area contributed by atoms with Gasteiger partial charge in [0.25, 0.3) is 0 Å². The highest BCUT2D eigenvalue weighted by Gasteiger charge is 2.42. The van der Waals surface area contributed by atoms with E-state index in [1.54, 1.807) is 31.2 Å². The zero-order valence-corrected chi connectivity index (χ0v) is 18.2. The maximum atomic E-state index is 12.7. The molecule has 0 spiro atoms. The highest BCUT2D eigenvalue weighted by Crippen LogP contribution is 2.40. The molecular formula is C24H31NO5. The largest absolute Gasteiger partial charge is 0.454 e. The third-order valence-corrected chi connectivity index (χ3v) is 6.15. The molecule has 6 nitrogen and oxygen atoms in total. The lowest BCUT2D eigenvalue weighted by atomic mass is 9.67. The van der Waals surface area contributed by atoms with E-state index in [9.17, 15) is 19.2 Å². The predicted molar refractivity (Wildman–Crippen MR) is 113 cm³/mol. The fourth-order valence-corrected chi connectivity index (χ4v) is 4.27. The van der Waals surface area contributed by atoms with Crippen molar-refractivity contribution >= 4 is 29.1 Å². The lowest BCUT2D eigenvalue weighted by Crippen LogP contribution is -2.40. The predicted octanol–water partition coefficient (Wildman–Crippen LogP) is 4.18. The molecule has 1 N–H and O–H groups in total. The Labute approximate surface area is 177 Å². The lowest BCUT2D eigenvalue weighted by molar-refractivity contribution is -0.155. The fraction of sp³-hybridized carbons (Fsp3) is 0.583. The van der Waals surface area contributed by atoms with Crippen LogP contribution in [0.4, 0.5) is 5.69 Å². The number of anilines is 1. The van der Waals surface area contributed by atoms with Crippen molar-refractivity contribution in [3.8, 4) is 0 Å². The van der Waals surface area contributed by atoms with Gasteiger partial charge in [0.15, 0.2) is 6.10 Å². The van der Waals surface area contributed by atoms with Crippen LogP contribution in [-0.4, -0.2) is 29.5 Å². The SMILES string of the molecule is C[C@@H](OC(=O)C1C[C@H]2CCC[C@@H](C1)C2=O)C(=O)c1ccc(NC(=O)C(C)(C)C)cc1. The Morgan fingerprint density at radius 3 is 2.13 bits per heavy atom. The number of carbonyl (C=O) groups is 4. The second-order valence-electron chi connectivity index (χ2n) is 9.62. The quantitative estimate of drug-likeness (QED) is 0.578. The molecule has 2 aliphatic carbocycles. The monoisotopic (exact) mass is 413 g/mol. The molecule has 2 bridgehead atoms. The van der Waals surface area contributed by atoms with Gasteiger partial charge in [0.2, 0.25) is 11.7 Å². The van der Waals surface area contributed by atoms with Crippen LogP contribution in [0.1, 0.15) is 70.2 Å². The summed E-state index contributed by atoms with van der Waals surface area (Å²) < 4.78 is 5.48. The normalized spacial score (nSPS) is 24.7. The first-order valence-electron chi connectivity index (χ1n) is 10.8. The molecule has 1 unspecified atom stereocenters. The van der Waals surface area contributed by atoms with Crippen LogP contribution in [0.2, 0.25) is 0 Å². The van der Waals surface area contributed by atoms with E-state index in [-0.39, 0.29) is 35.4 Å². The molecule has 0 aliphatic heterocycles. The van der Waals surface area contributed by atoms with E-state index in [4.69, 9.17) is 4.74 Å². The summed E-state index contributed by atoms with van der Waals surface area (Å²) in [6.45, 7) is 7.05. The number of benzene rings is 1. The molecule has 1 aromatic rings. The van der Waals surface area contributed by atoms with Gasteiger partial charge in [0.1, 0.15) is 5.78 Å². The minimum Gasteiger partial charge on any atom is -0.454 e. The van der Waals surface area contributed by atoms with E-state index in [1.165, 1.54) is 0 Å². The Bertz CT molecular complexity index is 820. The topological polar surface area (TPSA) is 89.5 Å². The van der Waals surface area contributed by atoms with Crippen molar-refractivity contribution in [1.29, 1.82) is 0 Å². The van der Waals surface area contributed by atoms with E-state index >= 15 is 0 Å². The summed E-state index contributed by atoms with van der Waals surface area (Å²) in [5.41, 5.74) is 0.508. The number of nitrogens with one attached hydrogen (secondary N) is 1. The van der Waals surface area contributed by atoms with Gasteiger partial charge >= 0.3 is 5.97 Å². The van der Waals surface area contributed by atoms with Gasteiger partial charge in [-0.15, -0.1) is 0 Å². The molecule has 0 radical (unpaired) electrons. The summed E-state index contributed by atoms with van der Waals surface area (Å²) >= 11 is 0. The van der Waals surface area contributed by atoms with Crippen LogP contribution in [0.3, 0.4) is 0 Å². The minimum absolute atomic E-state index is 0.0306. The third kappa shape index (κ3) is 4.97. The molecule has 30 heavy (non-hydrogen) atoms. The van der Waals surface area contributed by atoms with Gasteiger partial charge < -0.3 is 10.1 Å². The number of hydrogen-bond acceptors (Lipinski definition) is 5. The molecule has 6 heteroatoms. The van der Waals surface area contributed by atoms with Gasteiger partial charge in [-0.2, -0.15) is 0 Å². The van der Waals surface area contributed by atoms with Crippen molar-refractivity contribution in [2.45, 2.75) is 65.9 Å². The van der Waals surface area contributed by atoms with Crippen molar-refractivity contribution in [3.63, 3.8) is 0 Å². The first-order chi connectivity index (χ1) is 14.1. The van der Waals surface area contributed by atoms with Crippen LogP contribution in [0.15, 0.2) is 24.3 Å². The van der Waals surface area contributed by atoms with E-state index in [0.717, 1.165) is 19.3 Å². The number of carbonyl (C=O) groups excluding carboxylic acids is 4. The van der Waals surface area contributed by atoms with Gasteiger partial charge in [0, 0.05) is 28.5 Å². The molecule has 2 fully saturated rings. The van der Waals surface area contributed by atoms with Crippen LogP contribution in [0.25, 0.3) is 0 Å². The summed E-state index contributed by atoms with van der Waals surface area (Å²) in [4.78, 5) is 49.6. The Morgan fingerprint density at radius 2 is 1.60 bits per heavy atom. The third-order valence-electron chi connectivity index (χ3n) is 6.15. The van der Waals surface area contributed by atoms with Gasteiger partial charge in [-0.1, -0.05) is 27.2 Å². The van der Waals surface area contributed by atoms with Crippen LogP contribution in [-0.2, 0) is 19.1 Å². The minimum atomic E-state index is -0.898. The van der Waals surface area contributed by atoms with Gasteiger partial charge in [-0.3, -0.25) is 19.2 Å². The summed E-state index contributed by atoms with van der Waals surface area (Å²) in [6, 6.07) is 6.57. The number of rotatable bonds is 5. The van der Waals surface area contributed by atoms with Crippen molar-refractivity contribution < 1.29 is 23.9 Å². The summed E-state index contributed by atoms with van der Waals surface area (Å²) in [7, 11) is 0. The fourth-order valence-electron chi connectivity index (χ4n) is 4.27. The molecule has 1 amide bonds. The van der Waals surface area contributed by atoms with Gasteiger partial charge in [-0.05, 0) is 56.9 Å². The smallest absolute Gasteiger partial charge is 0.309 e. The number of ketones is 2. The maximum absolute atomic E-state index is 12.7. The van der Waals surface area contributed by atoms with E-state index in [0.29, 0.717) is 29.9 Å². The van der Waals surface area contributed by atoms with Crippen LogP contribution in [0.5, 0.6) is 0 Å².